The van der Waals surface area contributed by atoms with E-state index in [2.05, 4.69) is 12.1 Å². The van der Waals surface area contributed by atoms with Gasteiger partial charge in [-0.2, -0.15) is 0 Å². The molecular formula is C17H22O4. The predicted octanol–water partition coefficient (Wildman–Crippen LogP) is 2.79. The number of hydrogen-bond acceptors (Lipinski definition) is 4. The summed E-state index contributed by atoms with van der Waals surface area (Å²) in [6.45, 7) is 0. The number of allylic oxidation sites excluding steroid dienone is 1. The van der Waals surface area contributed by atoms with Gasteiger partial charge in [-0.25, -0.2) is 0 Å². The quantitative estimate of drug-likeness (QED) is 0.818. The maximum Gasteiger partial charge on any atom is 0.232 e. The van der Waals surface area contributed by atoms with Crippen LogP contribution in [0.3, 0.4) is 0 Å². The molecule has 114 valence electrons. The standard InChI is InChI=1S/C17H22O4/c1-19-15-11-14(10-9-13-7-5-4-6-8-13)12-17(18,21-3)16(15)20-2/h4-8,11,18H,9-10,12H2,1-3H3. The number of methoxy groups -OCH3 is 3. The molecule has 0 fully saturated rings. The van der Waals surface area contributed by atoms with Gasteiger partial charge >= 0.3 is 0 Å². The molecule has 1 aromatic rings. The van der Waals surface area contributed by atoms with Crippen LogP contribution in [0.2, 0.25) is 0 Å². The zero-order valence-electron chi connectivity index (χ0n) is 12.8. The van der Waals surface area contributed by atoms with Gasteiger partial charge in [-0.15, -0.1) is 0 Å². The fourth-order valence-electron chi connectivity index (χ4n) is 2.57. The van der Waals surface area contributed by atoms with Crippen LogP contribution in [0.25, 0.3) is 0 Å². The molecule has 0 radical (unpaired) electrons. The van der Waals surface area contributed by atoms with Crippen LogP contribution in [0, 0.1) is 0 Å². The highest BCUT2D eigenvalue weighted by atomic mass is 16.6. The van der Waals surface area contributed by atoms with Gasteiger partial charge < -0.3 is 19.3 Å². The summed E-state index contributed by atoms with van der Waals surface area (Å²) >= 11 is 0. The molecule has 0 aliphatic heterocycles. The van der Waals surface area contributed by atoms with Gasteiger partial charge in [0, 0.05) is 13.5 Å². The Balaban J connectivity index is 2.17. The van der Waals surface area contributed by atoms with E-state index in [1.165, 1.54) is 19.8 Å². The van der Waals surface area contributed by atoms with E-state index >= 15 is 0 Å². The maximum absolute atomic E-state index is 10.6. The first-order valence-electron chi connectivity index (χ1n) is 6.96. The van der Waals surface area contributed by atoms with E-state index in [0.29, 0.717) is 17.9 Å². The first kappa shape index (κ1) is 15.6. The van der Waals surface area contributed by atoms with Crippen LogP contribution < -0.4 is 0 Å². The Morgan fingerprint density at radius 3 is 2.33 bits per heavy atom. The number of ether oxygens (including phenoxy) is 3. The molecule has 21 heavy (non-hydrogen) atoms. The number of aliphatic hydroxyl groups is 1. The molecule has 1 unspecified atom stereocenters. The molecule has 0 amide bonds. The highest BCUT2D eigenvalue weighted by molar-refractivity contribution is 5.33. The average Bonchev–Trinajstić information content (AvgIpc) is 2.53. The van der Waals surface area contributed by atoms with Crippen molar-refractivity contribution >= 4 is 0 Å². The Hall–Kier alpha value is -1.78. The molecule has 1 aliphatic carbocycles. The molecule has 4 nitrogen and oxygen atoms in total. The molecule has 0 bridgehead atoms. The summed E-state index contributed by atoms with van der Waals surface area (Å²) in [7, 11) is 4.52. The van der Waals surface area contributed by atoms with E-state index in [9.17, 15) is 5.11 Å². The topological polar surface area (TPSA) is 47.9 Å². The summed E-state index contributed by atoms with van der Waals surface area (Å²) in [5, 5.41) is 10.6. The monoisotopic (exact) mass is 290 g/mol. The molecule has 2 rings (SSSR count). The Morgan fingerprint density at radius 1 is 1.05 bits per heavy atom. The molecule has 1 aromatic carbocycles. The van der Waals surface area contributed by atoms with Gasteiger partial charge in [-0.3, -0.25) is 0 Å². The molecule has 4 heteroatoms. The molecule has 0 heterocycles. The van der Waals surface area contributed by atoms with E-state index in [4.69, 9.17) is 14.2 Å². The van der Waals surface area contributed by atoms with Crippen molar-refractivity contribution in [3.63, 3.8) is 0 Å². The van der Waals surface area contributed by atoms with E-state index in [-0.39, 0.29) is 0 Å². The molecule has 1 N–H and O–H groups in total. The second-order valence-electron chi connectivity index (χ2n) is 5.06. The Morgan fingerprint density at radius 2 is 1.76 bits per heavy atom. The minimum Gasteiger partial charge on any atom is -0.493 e. The van der Waals surface area contributed by atoms with Gasteiger partial charge in [0.05, 0.1) is 14.2 Å². The van der Waals surface area contributed by atoms with Crippen LogP contribution in [0.1, 0.15) is 18.4 Å². The van der Waals surface area contributed by atoms with Crippen molar-refractivity contribution in [1.82, 2.24) is 0 Å². The highest BCUT2D eigenvalue weighted by Crippen LogP contribution is 2.36. The lowest BCUT2D eigenvalue weighted by Crippen LogP contribution is -2.38. The van der Waals surface area contributed by atoms with Crippen molar-refractivity contribution in [2.75, 3.05) is 21.3 Å². The summed E-state index contributed by atoms with van der Waals surface area (Å²) in [6.07, 6.45) is 4.05. The van der Waals surface area contributed by atoms with Crippen LogP contribution in [0.5, 0.6) is 0 Å². The number of hydrogen-bond donors (Lipinski definition) is 1. The second kappa shape index (κ2) is 6.78. The molecule has 0 saturated carbocycles. The van der Waals surface area contributed by atoms with Crippen molar-refractivity contribution in [2.45, 2.75) is 25.0 Å². The SMILES string of the molecule is COC1=C(OC)C(O)(OC)CC(CCc2ccccc2)=C1. The van der Waals surface area contributed by atoms with Crippen molar-refractivity contribution in [3.05, 3.63) is 59.1 Å². The fourth-order valence-corrected chi connectivity index (χ4v) is 2.57. The van der Waals surface area contributed by atoms with Crippen LogP contribution >= 0.6 is 0 Å². The predicted molar refractivity (Wildman–Crippen MR) is 80.5 cm³/mol. The van der Waals surface area contributed by atoms with Gasteiger partial charge in [-0.1, -0.05) is 35.9 Å². The van der Waals surface area contributed by atoms with E-state index in [1.807, 2.05) is 24.3 Å². The van der Waals surface area contributed by atoms with E-state index in [1.54, 1.807) is 7.11 Å². The summed E-state index contributed by atoms with van der Waals surface area (Å²) in [6, 6.07) is 10.3. The minimum absolute atomic E-state index is 0.316. The van der Waals surface area contributed by atoms with Crippen LogP contribution in [0.15, 0.2) is 53.5 Å². The van der Waals surface area contributed by atoms with Crippen LogP contribution in [-0.2, 0) is 20.6 Å². The first-order chi connectivity index (χ1) is 10.1. The van der Waals surface area contributed by atoms with E-state index < -0.39 is 5.79 Å². The smallest absolute Gasteiger partial charge is 0.232 e. The minimum atomic E-state index is -1.46. The molecule has 0 saturated heterocycles. The third-order valence-electron chi connectivity index (χ3n) is 3.72. The lowest BCUT2D eigenvalue weighted by Gasteiger charge is -2.33. The summed E-state index contributed by atoms with van der Waals surface area (Å²) in [4.78, 5) is 0. The second-order valence-corrected chi connectivity index (χ2v) is 5.06. The first-order valence-corrected chi connectivity index (χ1v) is 6.96. The van der Waals surface area contributed by atoms with Gasteiger partial charge in [0.15, 0.2) is 11.5 Å². The van der Waals surface area contributed by atoms with Gasteiger partial charge in [0.1, 0.15) is 0 Å². The zero-order chi connectivity index (χ0) is 15.3. The van der Waals surface area contributed by atoms with Gasteiger partial charge in [-0.05, 0) is 24.5 Å². The largest absolute Gasteiger partial charge is 0.493 e. The van der Waals surface area contributed by atoms with Crippen molar-refractivity contribution < 1.29 is 19.3 Å². The molecule has 0 spiro atoms. The Bertz CT molecular complexity index is 533. The lowest BCUT2D eigenvalue weighted by atomic mass is 9.92. The molecular weight excluding hydrogens is 268 g/mol. The summed E-state index contributed by atoms with van der Waals surface area (Å²) in [5.74, 6) is -0.631. The lowest BCUT2D eigenvalue weighted by molar-refractivity contribution is -0.183. The molecule has 1 atom stereocenters. The van der Waals surface area contributed by atoms with Gasteiger partial charge in [0.2, 0.25) is 5.79 Å². The molecule has 1 aliphatic rings. The van der Waals surface area contributed by atoms with Crippen molar-refractivity contribution in [1.29, 1.82) is 0 Å². The van der Waals surface area contributed by atoms with Crippen molar-refractivity contribution in [2.24, 2.45) is 0 Å². The Labute approximate surface area is 125 Å². The molecule has 0 aromatic heterocycles. The number of rotatable bonds is 6. The summed E-state index contributed by atoms with van der Waals surface area (Å²) in [5.41, 5.74) is 2.33. The zero-order valence-corrected chi connectivity index (χ0v) is 12.8. The van der Waals surface area contributed by atoms with Crippen molar-refractivity contribution in [3.8, 4) is 0 Å². The van der Waals surface area contributed by atoms with Crippen LogP contribution in [-0.4, -0.2) is 32.2 Å². The third kappa shape index (κ3) is 3.46. The van der Waals surface area contributed by atoms with Gasteiger partial charge in [0.25, 0.3) is 0 Å². The maximum atomic E-state index is 10.6. The Kier molecular flexibility index (Phi) is 5.04. The van der Waals surface area contributed by atoms with E-state index in [0.717, 1.165) is 18.4 Å². The number of aryl methyl sites for hydroxylation is 1. The van der Waals surface area contributed by atoms with Crippen LogP contribution in [0.4, 0.5) is 0 Å². The highest BCUT2D eigenvalue weighted by Gasteiger charge is 2.40. The number of benzene rings is 1. The average molecular weight is 290 g/mol. The third-order valence-corrected chi connectivity index (χ3v) is 3.72. The fraction of sp³-hybridized carbons (Fsp3) is 0.412. The summed E-state index contributed by atoms with van der Waals surface area (Å²) < 4.78 is 15.8. The normalized spacial score (nSPS) is 22.0.